The minimum Gasteiger partial charge on any atom is -0.355 e. The highest BCUT2D eigenvalue weighted by molar-refractivity contribution is 9.09. The molecular formula is C13H16BrN3S. The molecule has 1 atom stereocenters. The van der Waals surface area contributed by atoms with Crippen molar-refractivity contribution in [3.63, 3.8) is 0 Å². The molecule has 3 heterocycles. The number of alkyl halides is 1. The lowest BCUT2D eigenvalue weighted by Crippen LogP contribution is -2.36. The maximum Gasteiger partial charge on any atom is 0.150 e. The molecule has 0 radical (unpaired) electrons. The highest BCUT2D eigenvalue weighted by Crippen LogP contribution is 2.31. The number of aromatic nitrogens is 2. The van der Waals surface area contributed by atoms with Crippen LogP contribution in [0.15, 0.2) is 17.8 Å². The Labute approximate surface area is 119 Å². The van der Waals surface area contributed by atoms with E-state index in [1.807, 2.05) is 0 Å². The zero-order valence-corrected chi connectivity index (χ0v) is 12.6. The molecule has 0 saturated carbocycles. The molecule has 2 aromatic heterocycles. The fourth-order valence-electron chi connectivity index (χ4n) is 2.65. The van der Waals surface area contributed by atoms with E-state index in [-0.39, 0.29) is 0 Å². The van der Waals surface area contributed by atoms with Gasteiger partial charge in [-0.3, -0.25) is 0 Å². The monoisotopic (exact) mass is 325 g/mol. The van der Waals surface area contributed by atoms with E-state index >= 15 is 0 Å². The average Bonchev–Trinajstić information content (AvgIpc) is 2.87. The summed E-state index contributed by atoms with van der Waals surface area (Å²) in [5.74, 6) is 1.93. The van der Waals surface area contributed by atoms with E-state index in [1.165, 1.54) is 24.0 Å². The fourth-order valence-corrected chi connectivity index (χ4v) is 4.16. The SMILES string of the molecule is BrCCC1CCCN(c2ncnc3ccsc23)C1. The number of hydrogen-bond acceptors (Lipinski definition) is 4. The van der Waals surface area contributed by atoms with Gasteiger partial charge in [-0.1, -0.05) is 15.9 Å². The third-order valence-electron chi connectivity index (χ3n) is 3.56. The Hall–Kier alpha value is -0.680. The zero-order chi connectivity index (χ0) is 12.4. The average molecular weight is 326 g/mol. The summed E-state index contributed by atoms with van der Waals surface area (Å²) in [4.78, 5) is 11.3. The number of piperidine rings is 1. The molecular weight excluding hydrogens is 310 g/mol. The van der Waals surface area contributed by atoms with Gasteiger partial charge in [0.25, 0.3) is 0 Å². The van der Waals surface area contributed by atoms with Gasteiger partial charge in [0.1, 0.15) is 12.1 Å². The largest absolute Gasteiger partial charge is 0.355 e. The standard InChI is InChI=1S/C13H16BrN3S/c14-5-3-10-2-1-6-17(8-10)13-12-11(4-7-18-12)15-9-16-13/h4,7,9-10H,1-3,5-6,8H2. The van der Waals surface area contributed by atoms with Crippen LogP contribution in [0.25, 0.3) is 10.2 Å². The number of nitrogens with zero attached hydrogens (tertiary/aromatic N) is 3. The second kappa shape index (κ2) is 5.53. The maximum atomic E-state index is 4.51. The first-order chi connectivity index (χ1) is 8.88. The third kappa shape index (κ3) is 2.38. The van der Waals surface area contributed by atoms with Gasteiger partial charge in [0.15, 0.2) is 0 Å². The van der Waals surface area contributed by atoms with E-state index in [0.29, 0.717) is 0 Å². The molecule has 96 valence electrons. The van der Waals surface area contributed by atoms with Crippen LogP contribution in [-0.2, 0) is 0 Å². The van der Waals surface area contributed by atoms with Crippen LogP contribution in [0.5, 0.6) is 0 Å². The van der Waals surface area contributed by atoms with E-state index in [1.54, 1.807) is 17.7 Å². The molecule has 2 aromatic rings. The van der Waals surface area contributed by atoms with Gasteiger partial charge in [0, 0.05) is 18.4 Å². The lowest BCUT2D eigenvalue weighted by Gasteiger charge is -2.33. The molecule has 3 rings (SSSR count). The molecule has 0 aromatic carbocycles. The molecule has 0 aliphatic carbocycles. The molecule has 1 fully saturated rings. The first-order valence-electron chi connectivity index (χ1n) is 6.37. The van der Waals surface area contributed by atoms with Crippen molar-refractivity contribution in [2.75, 3.05) is 23.3 Å². The van der Waals surface area contributed by atoms with E-state index in [4.69, 9.17) is 0 Å². The number of anilines is 1. The number of rotatable bonds is 3. The van der Waals surface area contributed by atoms with Crippen LogP contribution >= 0.6 is 27.3 Å². The van der Waals surface area contributed by atoms with Crippen molar-refractivity contribution in [1.29, 1.82) is 0 Å². The predicted octanol–water partition coefficient (Wildman–Crippen LogP) is 3.69. The van der Waals surface area contributed by atoms with Gasteiger partial charge >= 0.3 is 0 Å². The van der Waals surface area contributed by atoms with Gasteiger partial charge < -0.3 is 4.90 Å². The van der Waals surface area contributed by atoms with E-state index < -0.39 is 0 Å². The number of thiophene rings is 1. The molecule has 0 N–H and O–H groups in total. The van der Waals surface area contributed by atoms with Crippen molar-refractivity contribution in [3.8, 4) is 0 Å². The summed E-state index contributed by atoms with van der Waals surface area (Å²) in [6.07, 6.45) is 5.57. The van der Waals surface area contributed by atoms with Crippen molar-refractivity contribution in [3.05, 3.63) is 17.8 Å². The van der Waals surface area contributed by atoms with Crippen molar-refractivity contribution in [2.45, 2.75) is 19.3 Å². The first-order valence-corrected chi connectivity index (χ1v) is 8.37. The predicted molar refractivity (Wildman–Crippen MR) is 80.8 cm³/mol. The molecule has 1 saturated heterocycles. The van der Waals surface area contributed by atoms with E-state index in [9.17, 15) is 0 Å². The first kappa shape index (κ1) is 12.4. The third-order valence-corrected chi connectivity index (χ3v) is 4.92. The fraction of sp³-hybridized carbons (Fsp3) is 0.538. The second-order valence-corrected chi connectivity index (χ2v) is 6.47. The maximum absolute atomic E-state index is 4.51. The van der Waals surface area contributed by atoms with Gasteiger partial charge in [-0.05, 0) is 36.6 Å². The Morgan fingerprint density at radius 3 is 3.28 bits per heavy atom. The van der Waals surface area contributed by atoms with E-state index in [2.05, 4.69) is 42.2 Å². The van der Waals surface area contributed by atoms with Crippen LogP contribution in [0.1, 0.15) is 19.3 Å². The zero-order valence-electron chi connectivity index (χ0n) is 10.2. The van der Waals surface area contributed by atoms with Crippen LogP contribution < -0.4 is 4.90 Å². The van der Waals surface area contributed by atoms with Crippen LogP contribution in [0, 0.1) is 5.92 Å². The van der Waals surface area contributed by atoms with Crippen molar-refractivity contribution in [2.24, 2.45) is 5.92 Å². The molecule has 1 unspecified atom stereocenters. The van der Waals surface area contributed by atoms with Gasteiger partial charge in [-0.25, -0.2) is 9.97 Å². The summed E-state index contributed by atoms with van der Waals surface area (Å²) < 4.78 is 1.23. The Bertz CT molecular complexity index is 526. The quantitative estimate of drug-likeness (QED) is 0.806. The van der Waals surface area contributed by atoms with Gasteiger partial charge in [-0.15, -0.1) is 11.3 Å². The van der Waals surface area contributed by atoms with Crippen molar-refractivity contribution < 1.29 is 0 Å². The van der Waals surface area contributed by atoms with Crippen LogP contribution in [-0.4, -0.2) is 28.4 Å². The highest BCUT2D eigenvalue weighted by Gasteiger charge is 2.22. The van der Waals surface area contributed by atoms with Crippen molar-refractivity contribution >= 4 is 43.3 Å². The molecule has 0 bridgehead atoms. The molecule has 1 aliphatic heterocycles. The Kier molecular flexibility index (Phi) is 3.80. The summed E-state index contributed by atoms with van der Waals surface area (Å²) in [5, 5.41) is 3.20. The Morgan fingerprint density at radius 2 is 2.39 bits per heavy atom. The minimum atomic E-state index is 0.795. The Morgan fingerprint density at radius 1 is 1.44 bits per heavy atom. The van der Waals surface area contributed by atoms with Gasteiger partial charge in [-0.2, -0.15) is 0 Å². The summed E-state index contributed by atoms with van der Waals surface area (Å²) >= 11 is 5.30. The number of fused-ring (bicyclic) bond motifs is 1. The second-order valence-electron chi connectivity index (χ2n) is 4.76. The summed E-state index contributed by atoms with van der Waals surface area (Å²) in [5.41, 5.74) is 1.08. The lowest BCUT2D eigenvalue weighted by atomic mass is 9.96. The Balaban J connectivity index is 1.87. The smallest absolute Gasteiger partial charge is 0.150 e. The summed E-state index contributed by atoms with van der Waals surface area (Å²) in [6, 6.07) is 2.07. The minimum absolute atomic E-state index is 0.795. The van der Waals surface area contributed by atoms with Crippen LogP contribution in [0.4, 0.5) is 5.82 Å². The molecule has 5 heteroatoms. The van der Waals surface area contributed by atoms with Gasteiger partial charge in [0.2, 0.25) is 0 Å². The number of hydrogen-bond donors (Lipinski definition) is 0. The summed E-state index contributed by atoms with van der Waals surface area (Å²) in [6.45, 7) is 2.26. The number of halogens is 1. The van der Waals surface area contributed by atoms with Crippen molar-refractivity contribution in [1.82, 2.24) is 9.97 Å². The molecule has 0 spiro atoms. The summed E-state index contributed by atoms with van der Waals surface area (Å²) in [7, 11) is 0. The topological polar surface area (TPSA) is 29.0 Å². The molecule has 18 heavy (non-hydrogen) atoms. The molecule has 1 aliphatic rings. The normalized spacial score (nSPS) is 20.5. The highest BCUT2D eigenvalue weighted by atomic mass is 79.9. The van der Waals surface area contributed by atoms with Crippen LogP contribution in [0.3, 0.4) is 0 Å². The van der Waals surface area contributed by atoms with Gasteiger partial charge in [0.05, 0.1) is 10.2 Å². The molecule has 3 nitrogen and oxygen atoms in total. The lowest BCUT2D eigenvalue weighted by molar-refractivity contribution is 0.406. The van der Waals surface area contributed by atoms with E-state index in [0.717, 1.165) is 35.7 Å². The van der Waals surface area contributed by atoms with Crippen LogP contribution in [0.2, 0.25) is 0 Å². The molecule has 0 amide bonds.